The van der Waals surface area contributed by atoms with Crippen LogP contribution in [0.3, 0.4) is 0 Å². The summed E-state index contributed by atoms with van der Waals surface area (Å²) < 4.78 is 19.2. The van der Waals surface area contributed by atoms with E-state index in [-0.39, 0.29) is 0 Å². The minimum Gasteiger partial charge on any atom is -0.377 e. The van der Waals surface area contributed by atoms with Gasteiger partial charge >= 0.3 is 8.80 Å². The molecule has 0 rings (SSSR count). The topological polar surface area (TPSA) is 30.9 Å². The van der Waals surface area contributed by atoms with E-state index in [0.29, 0.717) is 0 Å². The molecule has 20 heavy (non-hydrogen) atoms. The molecule has 0 radical (unpaired) electrons. The van der Waals surface area contributed by atoms with Gasteiger partial charge in [0.1, 0.15) is 16.5 Å². The molecule has 0 aromatic heterocycles. The lowest BCUT2D eigenvalue weighted by Gasteiger charge is -2.43. The molecule has 0 saturated heterocycles. The molecule has 0 N–H and O–H groups in total. The van der Waals surface area contributed by atoms with Crippen molar-refractivity contribution in [1.82, 2.24) is 4.23 Å². The summed E-state index contributed by atoms with van der Waals surface area (Å²) in [5, 5.41) is 0. The van der Waals surface area contributed by atoms with Gasteiger partial charge in [-0.3, -0.25) is 0 Å². The fourth-order valence-electron chi connectivity index (χ4n) is 2.51. The molecular weight excluding hydrogens is 302 g/mol. The zero-order valence-corrected chi connectivity index (χ0v) is 18.0. The first-order valence-electron chi connectivity index (χ1n) is 7.48. The normalized spacial score (nSPS) is 14.1. The van der Waals surface area contributed by atoms with Crippen LogP contribution in [0.15, 0.2) is 0 Å². The first kappa shape index (κ1) is 20.5. The second-order valence-corrected chi connectivity index (χ2v) is 20.4. The maximum absolute atomic E-state index is 5.78. The summed E-state index contributed by atoms with van der Waals surface area (Å²) in [5.74, 6) is 0. The average Bonchev–Trinajstić information content (AvgIpc) is 2.30. The van der Waals surface area contributed by atoms with Gasteiger partial charge in [0.2, 0.25) is 0 Å². The van der Waals surface area contributed by atoms with Crippen molar-refractivity contribution in [1.29, 1.82) is 0 Å². The Morgan fingerprint density at radius 3 is 1.55 bits per heavy atom. The third-order valence-electron chi connectivity index (χ3n) is 3.50. The second-order valence-electron chi connectivity index (χ2n) is 7.32. The highest BCUT2D eigenvalue weighted by atomic mass is 28.4. The minimum atomic E-state index is -2.34. The summed E-state index contributed by atoms with van der Waals surface area (Å²) in [5.41, 5.74) is 0. The molecule has 0 saturated carbocycles. The molecule has 0 fully saturated rings. The van der Waals surface area contributed by atoms with Crippen LogP contribution in [0.1, 0.15) is 12.8 Å². The molecule has 0 bridgehead atoms. The maximum atomic E-state index is 5.78. The molecule has 0 unspecified atom stereocenters. The maximum Gasteiger partial charge on any atom is 0.497 e. The van der Waals surface area contributed by atoms with Crippen molar-refractivity contribution < 1.29 is 13.3 Å². The lowest BCUT2D eigenvalue weighted by Crippen LogP contribution is -2.59. The van der Waals surface area contributed by atoms with E-state index in [2.05, 4.69) is 43.5 Å². The molecule has 0 aromatic carbocycles. The summed E-state index contributed by atoms with van der Waals surface area (Å²) in [6.07, 6.45) is 2.26. The molecule has 0 heterocycles. The van der Waals surface area contributed by atoms with Crippen LogP contribution in [0.5, 0.6) is 0 Å². The van der Waals surface area contributed by atoms with E-state index in [1.54, 1.807) is 14.2 Å². The van der Waals surface area contributed by atoms with E-state index in [9.17, 15) is 0 Å². The Kier molecular flexibility index (Phi) is 8.41. The largest absolute Gasteiger partial charge is 0.497 e. The molecule has 0 atom stereocenters. The Morgan fingerprint density at radius 2 is 1.20 bits per heavy atom. The monoisotopic (exact) mass is 337 g/mol. The van der Waals surface area contributed by atoms with Crippen molar-refractivity contribution in [3.05, 3.63) is 0 Å². The van der Waals surface area contributed by atoms with Gasteiger partial charge in [-0.2, -0.15) is 0 Å². The number of hydrogen-bond acceptors (Lipinski definition) is 4. The number of unbranched alkanes of at least 4 members (excludes halogenated alkanes) is 1. The SMILES string of the molecule is CO[Si](C)(OC)OCCCCN([Si](C)(C)C)[Si](C)(C)C. The highest BCUT2D eigenvalue weighted by Gasteiger charge is 2.34. The van der Waals surface area contributed by atoms with Gasteiger partial charge in [-0.05, 0) is 19.4 Å². The van der Waals surface area contributed by atoms with Crippen LogP contribution < -0.4 is 0 Å². The molecule has 0 aromatic rings. The minimum absolute atomic E-state index is 0.732. The van der Waals surface area contributed by atoms with Gasteiger partial charge in [0, 0.05) is 27.4 Å². The lowest BCUT2D eigenvalue weighted by atomic mass is 10.3. The van der Waals surface area contributed by atoms with E-state index in [1.165, 1.54) is 13.0 Å². The molecule has 0 amide bonds. The van der Waals surface area contributed by atoms with E-state index in [4.69, 9.17) is 13.3 Å². The Balaban J connectivity index is 4.16. The second kappa shape index (κ2) is 8.21. The van der Waals surface area contributed by atoms with Crippen LogP contribution in [0.25, 0.3) is 0 Å². The van der Waals surface area contributed by atoms with Gasteiger partial charge in [-0.1, -0.05) is 39.3 Å². The zero-order chi connectivity index (χ0) is 16.0. The lowest BCUT2D eigenvalue weighted by molar-refractivity contribution is 0.104. The molecule has 7 heteroatoms. The average molecular weight is 338 g/mol. The van der Waals surface area contributed by atoms with Crippen LogP contribution in [0.4, 0.5) is 0 Å². The third kappa shape index (κ3) is 7.49. The van der Waals surface area contributed by atoms with Gasteiger partial charge in [-0.15, -0.1) is 0 Å². The Hall–Kier alpha value is 0.491. The van der Waals surface area contributed by atoms with Crippen LogP contribution >= 0.6 is 0 Å². The van der Waals surface area contributed by atoms with Gasteiger partial charge < -0.3 is 17.5 Å². The fourth-order valence-corrected chi connectivity index (χ4v) is 13.1. The number of nitrogens with zero attached hydrogens (tertiary/aromatic N) is 1. The predicted octanol–water partition coefficient (Wildman–Crippen LogP) is 3.62. The van der Waals surface area contributed by atoms with Gasteiger partial charge in [0.25, 0.3) is 0 Å². The zero-order valence-electron chi connectivity index (χ0n) is 15.0. The van der Waals surface area contributed by atoms with Crippen LogP contribution in [-0.4, -0.2) is 56.9 Å². The predicted molar refractivity (Wildman–Crippen MR) is 94.2 cm³/mol. The third-order valence-corrected chi connectivity index (χ3v) is 13.4. The van der Waals surface area contributed by atoms with Crippen molar-refractivity contribution in [2.45, 2.75) is 58.7 Å². The quantitative estimate of drug-likeness (QED) is 0.450. The van der Waals surface area contributed by atoms with Crippen LogP contribution in [0.2, 0.25) is 45.8 Å². The van der Waals surface area contributed by atoms with Crippen molar-refractivity contribution in [3.63, 3.8) is 0 Å². The number of hydrogen-bond donors (Lipinski definition) is 0. The Bertz CT molecular complexity index is 259. The van der Waals surface area contributed by atoms with Gasteiger partial charge in [0.05, 0.1) is 0 Å². The highest BCUT2D eigenvalue weighted by Crippen LogP contribution is 2.20. The van der Waals surface area contributed by atoms with Gasteiger partial charge in [0.15, 0.2) is 0 Å². The first-order chi connectivity index (χ1) is 8.96. The molecule has 122 valence electrons. The summed E-state index contributed by atoms with van der Waals surface area (Å²) >= 11 is 0. The van der Waals surface area contributed by atoms with Crippen molar-refractivity contribution in [3.8, 4) is 0 Å². The van der Waals surface area contributed by atoms with Crippen molar-refractivity contribution in [2.75, 3.05) is 27.4 Å². The van der Waals surface area contributed by atoms with Crippen molar-refractivity contribution in [2.24, 2.45) is 0 Å². The van der Waals surface area contributed by atoms with Gasteiger partial charge in [-0.25, -0.2) is 0 Å². The molecule has 4 nitrogen and oxygen atoms in total. The molecular formula is C13H35NO3Si3. The fraction of sp³-hybridized carbons (Fsp3) is 1.00. The summed E-state index contributed by atoms with van der Waals surface area (Å²) in [4.78, 5) is 0. The Morgan fingerprint density at radius 1 is 0.750 bits per heavy atom. The van der Waals surface area contributed by atoms with E-state index >= 15 is 0 Å². The van der Waals surface area contributed by atoms with Crippen molar-refractivity contribution >= 4 is 25.3 Å². The molecule has 0 spiro atoms. The molecule has 0 aliphatic carbocycles. The van der Waals surface area contributed by atoms with E-state index in [0.717, 1.165) is 13.0 Å². The van der Waals surface area contributed by atoms with Crippen LogP contribution in [-0.2, 0) is 13.3 Å². The highest BCUT2D eigenvalue weighted by molar-refractivity contribution is 6.89. The Labute approximate surface area is 129 Å². The number of rotatable bonds is 10. The van der Waals surface area contributed by atoms with E-state index < -0.39 is 25.3 Å². The van der Waals surface area contributed by atoms with E-state index in [1.807, 2.05) is 6.55 Å². The summed E-state index contributed by atoms with van der Waals surface area (Å²) in [6, 6.07) is 0. The standard InChI is InChI=1S/C13H35NO3Si3/c1-15-20(9,16-2)17-13-11-10-12-14(18(3,4)5)19(6,7)8/h10-13H2,1-9H3. The smallest absolute Gasteiger partial charge is 0.377 e. The molecule has 0 aliphatic rings. The molecule has 0 aliphatic heterocycles. The first-order valence-corrected chi connectivity index (χ1v) is 16.6. The summed E-state index contributed by atoms with van der Waals surface area (Å²) in [7, 11) is -1.46. The summed E-state index contributed by atoms with van der Waals surface area (Å²) in [6.45, 7) is 18.5. The van der Waals surface area contributed by atoms with Crippen LogP contribution in [0, 0.1) is 0 Å².